The fourth-order valence-electron chi connectivity index (χ4n) is 2.79. The number of halogens is 1. The van der Waals surface area contributed by atoms with Crippen molar-refractivity contribution >= 4 is 34.4 Å². The third kappa shape index (κ3) is 3.51. The van der Waals surface area contributed by atoms with Crippen molar-refractivity contribution in [3.05, 3.63) is 59.5 Å². The molecule has 136 valence electrons. The molecular formula is C18H20FN5OS. The molecule has 0 saturated heterocycles. The van der Waals surface area contributed by atoms with Crippen LogP contribution < -0.4 is 15.6 Å². The van der Waals surface area contributed by atoms with Crippen molar-refractivity contribution in [3.8, 4) is 0 Å². The highest BCUT2D eigenvalue weighted by molar-refractivity contribution is 8.00. The van der Waals surface area contributed by atoms with Gasteiger partial charge >= 0.3 is 0 Å². The SMILES string of the molecule is CCSN(Cc1ccc(C(=O)NN)cc1F)c1cccc2c1cnn2C. The number of hydrazine groups is 1. The van der Waals surface area contributed by atoms with E-state index in [1.54, 1.807) is 24.1 Å². The topological polar surface area (TPSA) is 76.2 Å². The smallest absolute Gasteiger partial charge is 0.265 e. The third-order valence-corrected chi connectivity index (χ3v) is 4.98. The fraction of sp³-hybridized carbons (Fsp3) is 0.222. The van der Waals surface area contributed by atoms with Gasteiger partial charge in [-0.2, -0.15) is 5.10 Å². The molecule has 0 spiro atoms. The zero-order valence-electron chi connectivity index (χ0n) is 14.6. The molecule has 0 aliphatic carbocycles. The number of carbonyl (C=O) groups excluding carboxylic acids is 1. The Labute approximate surface area is 155 Å². The van der Waals surface area contributed by atoms with Crippen LogP contribution in [0.5, 0.6) is 0 Å². The first-order valence-corrected chi connectivity index (χ1v) is 9.10. The molecule has 2 aromatic carbocycles. The van der Waals surface area contributed by atoms with Gasteiger partial charge in [0.25, 0.3) is 5.91 Å². The summed E-state index contributed by atoms with van der Waals surface area (Å²) >= 11 is 1.60. The predicted molar refractivity (Wildman–Crippen MR) is 103 cm³/mol. The number of rotatable bonds is 6. The summed E-state index contributed by atoms with van der Waals surface area (Å²) in [5.74, 6) is 4.98. The number of benzene rings is 2. The maximum absolute atomic E-state index is 14.5. The van der Waals surface area contributed by atoms with Crippen LogP contribution in [0.15, 0.2) is 42.6 Å². The van der Waals surface area contributed by atoms with Crippen LogP contribution in [0.3, 0.4) is 0 Å². The van der Waals surface area contributed by atoms with E-state index >= 15 is 0 Å². The van der Waals surface area contributed by atoms with Crippen LogP contribution in [0.2, 0.25) is 0 Å². The van der Waals surface area contributed by atoms with Gasteiger partial charge in [-0.05, 0) is 36.2 Å². The number of aromatic nitrogens is 2. The standard InChI is InChI=1S/C18H20FN5OS/c1-3-26-24(17-6-4-5-16-14(17)10-21-23(16)2)11-13-8-7-12(9-15(13)19)18(25)22-20/h4-10H,3,11,20H2,1-2H3,(H,22,25). The Morgan fingerprint density at radius 2 is 2.19 bits per heavy atom. The number of nitrogens with two attached hydrogens (primary N) is 1. The lowest BCUT2D eigenvalue weighted by atomic mass is 10.1. The van der Waals surface area contributed by atoms with Gasteiger partial charge in [0.1, 0.15) is 5.82 Å². The quantitative estimate of drug-likeness (QED) is 0.301. The normalized spacial score (nSPS) is 10.9. The highest BCUT2D eigenvalue weighted by Crippen LogP contribution is 2.32. The van der Waals surface area contributed by atoms with Crippen molar-refractivity contribution in [2.24, 2.45) is 12.9 Å². The van der Waals surface area contributed by atoms with Crippen LogP contribution in [0.1, 0.15) is 22.8 Å². The van der Waals surface area contributed by atoms with Crippen molar-refractivity contribution < 1.29 is 9.18 Å². The summed E-state index contributed by atoms with van der Waals surface area (Å²) in [5.41, 5.74) is 4.69. The van der Waals surface area contributed by atoms with Gasteiger partial charge in [-0.25, -0.2) is 10.2 Å². The van der Waals surface area contributed by atoms with Crippen molar-refractivity contribution in [1.82, 2.24) is 15.2 Å². The number of hydrogen-bond acceptors (Lipinski definition) is 5. The Kier molecular flexibility index (Phi) is 5.43. The average Bonchev–Trinajstić information content (AvgIpc) is 3.03. The minimum Gasteiger partial charge on any atom is -0.311 e. The number of nitrogen functional groups attached to an aromatic ring is 1. The van der Waals surface area contributed by atoms with E-state index in [0.29, 0.717) is 12.1 Å². The predicted octanol–water partition coefficient (Wildman–Crippen LogP) is 2.99. The molecule has 6 nitrogen and oxygen atoms in total. The fourth-order valence-corrected chi connectivity index (χ4v) is 3.63. The molecule has 0 saturated carbocycles. The van der Waals surface area contributed by atoms with E-state index in [2.05, 4.69) is 5.10 Å². The lowest BCUT2D eigenvalue weighted by molar-refractivity contribution is 0.0953. The number of carbonyl (C=O) groups is 1. The molecule has 3 rings (SSSR count). The summed E-state index contributed by atoms with van der Waals surface area (Å²) in [6, 6.07) is 10.4. The molecule has 1 heterocycles. The third-order valence-electron chi connectivity index (χ3n) is 4.08. The minimum absolute atomic E-state index is 0.192. The highest BCUT2D eigenvalue weighted by atomic mass is 32.2. The molecule has 1 amide bonds. The number of nitrogens with zero attached hydrogens (tertiary/aromatic N) is 3. The maximum Gasteiger partial charge on any atom is 0.265 e. The van der Waals surface area contributed by atoms with E-state index in [4.69, 9.17) is 5.84 Å². The second-order valence-electron chi connectivity index (χ2n) is 5.71. The molecule has 3 N–H and O–H groups in total. The van der Waals surface area contributed by atoms with Crippen molar-refractivity contribution in [2.75, 3.05) is 10.1 Å². The van der Waals surface area contributed by atoms with Crippen LogP contribution in [0.25, 0.3) is 10.9 Å². The van der Waals surface area contributed by atoms with Crippen molar-refractivity contribution in [3.63, 3.8) is 0 Å². The van der Waals surface area contributed by atoms with Gasteiger partial charge in [-0.1, -0.05) is 19.1 Å². The van der Waals surface area contributed by atoms with Gasteiger partial charge in [0.2, 0.25) is 0 Å². The lowest BCUT2D eigenvalue weighted by Gasteiger charge is -2.24. The van der Waals surface area contributed by atoms with Gasteiger partial charge < -0.3 is 4.31 Å². The first kappa shape index (κ1) is 18.2. The maximum atomic E-state index is 14.5. The molecule has 26 heavy (non-hydrogen) atoms. The zero-order chi connectivity index (χ0) is 18.7. The molecule has 0 aliphatic heterocycles. The molecule has 0 aliphatic rings. The van der Waals surface area contributed by atoms with Crippen LogP contribution in [0, 0.1) is 5.82 Å². The van der Waals surface area contributed by atoms with E-state index in [0.717, 1.165) is 22.3 Å². The Bertz CT molecular complexity index is 942. The molecule has 3 aromatic rings. The van der Waals surface area contributed by atoms with Crippen LogP contribution in [-0.4, -0.2) is 21.4 Å². The first-order valence-electron chi connectivity index (χ1n) is 8.15. The van der Waals surface area contributed by atoms with Gasteiger partial charge in [0, 0.05) is 29.3 Å². The van der Waals surface area contributed by atoms with Gasteiger partial charge in [0.15, 0.2) is 0 Å². The summed E-state index contributed by atoms with van der Waals surface area (Å²) in [5, 5.41) is 5.32. The minimum atomic E-state index is -0.518. The monoisotopic (exact) mass is 373 g/mol. The Morgan fingerprint density at radius 3 is 2.88 bits per heavy atom. The number of amides is 1. The first-order chi connectivity index (χ1) is 12.5. The molecule has 1 aromatic heterocycles. The molecular weight excluding hydrogens is 353 g/mol. The van der Waals surface area contributed by atoms with E-state index in [1.165, 1.54) is 6.07 Å². The number of aryl methyl sites for hydroxylation is 1. The zero-order valence-corrected chi connectivity index (χ0v) is 15.4. The number of hydrogen-bond donors (Lipinski definition) is 2. The Balaban J connectivity index is 1.95. The van der Waals surface area contributed by atoms with Crippen molar-refractivity contribution in [1.29, 1.82) is 0 Å². The largest absolute Gasteiger partial charge is 0.311 e. The van der Waals surface area contributed by atoms with E-state index in [1.807, 2.05) is 52.8 Å². The summed E-state index contributed by atoms with van der Waals surface area (Å²) in [6.07, 6.45) is 1.82. The van der Waals surface area contributed by atoms with Crippen molar-refractivity contribution in [2.45, 2.75) is 13.5 Å². The Hall–Kier alpha value is -2.58. The summed E-state index contributed by atoms with van der Waals surface area (Å²) in [6.45, 7) is 2.41. The van der Waals surface area contributed by atoms with Crippen LogP contribution in [-0.2, 0) is 13.6 Å². The second-order valence-corrected chi connectivity index (χ2v) is 6.99. The molecule has 0 unspecified atom stereocenters. The van der Waals surface area contributed by atoms with Gasteiger partial charge in [-0.15, -0.1) is 0 Å². The summed E-state index contributed by atoms with van der Waals surface area (Å²) < 4.78 is 18.4. The number of fused-ring (bicyclic) bond motifs is 1. The molecule has 0 atom stereocenters. The lowest BCUT2D eigenvalue weighted by Crippen LogP contribution is -2.30. The van der Waals surface area contributed by atoms with E-state index < -0.39 is 11.7 Å². The average molecular weight is 373 g/mol. The Morgan fingerprint density at radius 1 is 1.38 bits per heavy atom. The molecule has 0 fully saturated rings. The van der Waals surface area contributed by atoms with Crippen LogP contribution in [0.4, 0.5) is 10.1 Å². The second kappa shape index (κ2) is 7.76. The van der Waals surface area contributed by atoms with Gasteiger partial charge in [0.05, 0.1) is 23.9 Å². The summed E-state index contributed by atoms with van der Waals surface area (Å²) in [7, 11) is 1.89. The van der Waals surface area contributed by atoms with E-state index in [9.17, 15) is 9.18 Å². The van der Waals surface area contributed by atoms with Crippen LogP contribution >= 0.6 is 11.9 Å². The van der Waals surface area contributed by atoms with E-state index in [-0.39, 0.29) is 5.56 Å². The molecule has 0 radical (unpaired) electrons. The number of anilines is 1. The number of nitrogens with one attached hydrogen (secondary N) is 1. The molecule has 8 heteroatoms. The highest BCUT2D eigenvalue weighted by Gasteiger charge is 2.16. The van der Waals surface area contributed by atoms with Gasteiger partial charge in [-0.3, -0.25) is 14.9 Å². The summed E-state index contributed by atoms with van der Waals surface area (Å²) in [4.78, 5) is 11.5. The molecule has 0 bridgehead atoms.